The fraction of sp³-hybridized carbons (Fsp3) is 0.393. The van der Waals surface area contributed by atoms with Gasteiger partial charge in [0.2, 0.25) is 0 Å². The predicted molar refractivity (Wildman–Crippen MR) is 128 cm³/mol. The number of allylic oxidation sites excluding steroid dienone is 1. The zero-order chi connectivity index (χ0) is 23.6. The fourth-order valence-corrected chi connectivity index (χ4v) is 4.43. The molecule has 0 radical (unpaired) electrons. The molecule has 0 bridgehead atoms. The smallest absolute Gasteiger partial charge is 0.338 e. The molecular weight excluding hydrogens is 416 g/mol. The summed E-state index contributed by atoms with van der Waals surface area (Å²) in [5.41, 5.74) is 2.53. The Bertz CT molecular complexity index is 962. The van der Waals surface area contributed by atoms with Crippen molar-refractivity contribution in [2.24, 2.45) is 11.8 Å². The van der Waals surface area contributed by atoms with Crippen LogP contribution >= 0.6 is 0 Å². The lowest BCUT2D eigenvalue weighted by molar-refractivity contribution is -0.138. The van der Waals surface area contributed by atoms with E-state index in [-0.39, 0.29) is 24.0 Å². The first kappa shape index (κ1) is 24.4. The van der Waals surface area contributed by atoms with Crippen LogP contribution in [0.25, 0.3) is 11.1 Å². The number of carbonyl (C=O) groups excluding carboxylic acids is 2. The van der Waals surface area contributed by atoms with Crippen molar-refractivity contribution >= 4 is 17.7 Å². The quantitative estimate of drug-likeness (QED) is 0.256. The molecule has 0 saturated heterocycles. The molecule has 1 N–H and O–H groups in total. The highest BCUT2D eigenvalue weighted by Gasteiger charge is 2.38. The van der Waals surface area contributed by atoms with E-state index < -0.39 is 18.0 Å². The number of hydrogen-bond acceptors (Lipinski definition) is 4. The first-order valence-electron chi connectivity index (χ1n) is 11.8. The third-order valence-corrected chi connectivity index (χ3v) is 6.25. The molecular formula is C28H32O5. The highest BCUT2D eigenvalue weighted by molar-refractivity contribution is 5.90. The average Bonchev–Trinajstić information content (AvgIpc) is 3.18. The highest BCUT2D eigenvalue weighted by atomic mass is 16.5. The number of hydrogen-bond donors (Lipinski definition) is 1. The van der Waals surface area contributed by atoms with Crippen LogP contribution in [-0.2, 0) is 14.3 Å². The lowest BCUT2D eigenvalue weighted by Crippen LogP contribution is -2.25. The van der Waals surface area contributed by atoms with Crippen molar-refractivity contribution in [3.8, 4) is 11.1 Å². The topological polar surface area (TPSA) is 80.7 Å². The minimum absolute atomic E-state index is 0.00114. The zero-order valence-electron chi connectivity index (χ0n) is 19.1. The molecule has 33 heavy (non-hydrogen) atoms. The number of rotatable bonds is 11. The van der Waals surface area contributed by atoms with Gasteiger partial charge in [-0.2, -0.15) is 0 Å². The van der Waals surface area contributed by atoms with Gasteiger partial charge in [0.25, 0.3) is 0 Å². The van der Waals surface area contributed by atoms with Gasteiger partial charge in [-0.25, -0.2) is 4.79 Å². The first-order valence-corrected chi connectivity index (χ1v) is 11.8. The molecule has 2 aromatic carbocycles. The molecule has 1 aliphatic carbocycles. The Morgan fingerprint density at radius 2 is 1.67 bits per heavy atom. The number of carboxylic acids is 1. The largest absolute Gasteiger partial charge is 0.481 e. The molecule has 0 unspecified atom stereocenters. The Morgan fingerprint density at radius 1 is 0.970 bits per heavy atom. The monoisotopic (exact) mass is 448 g/mol. The van der Waals surface area contributed by atoms with Crippen LogP contribution < -0.4 is 0 Å². The number of unbranched alkanes of at least 4 members (excludes halogenated alkanes) is 2. The van der Waals surface area contributed by atoms with Crippen LogP contribution in [0.2, 0.25) is 0 Å². The van der Waals surface area contributed by atoms with Gasteiger partial charge in [0, 0.05) is 18.8 Å². The SMILES string of the molecule is CCCCCC(=O)/C=C/[C@@H]1[C@@H](CC(=O)O)CC[C@H]1OC(=O)c1ccc(-c2ccccc2)cc1. The standard InChI is InChI=1S/C28H32O5/c1-2-3-5-10-24(29)16-17-25-23(19-27(30)31)15-18-26(25)33-28(32)22-13-11-21(12-14-22)20-8-6-4-7-9-20/h4,6-9,11-14,16-17,23,25-26H,2-3,5,10,15,18-19H2,1H3,(H,30,31)/b17-16+/t23-,25-,26-/m1/s1. The van der Waals surface area contributed by atoms with Gasteiger partial charge in [-0.1, -0.05) is 68.3 Å². The minimum atomic E-state index is -0.879. The molecule has 2 aromatic rings. The first-order chi connectivity index (χ1) is 16.0. The lowest BCUT2D eigenvalue weighted by atomic mass is 9.91. The molecule has 1 aliphatic rings. The third kappa shape index (κ3) is 7.14. The Morgan fingerprint density at radius 3 is 2.33 bits per heavy atom. The number of aliphatic carboxylic acids is 1. The number of carbonyl (C=O) groups is 3. The third-order valence-electron chi connectivity index (χ3n) is 6.25. The average molecular weight is 449 g/mol. The second kappa shape index (κ2) is 12.1. The van der Waals surface area contributed by atoms with Crippen molar-refractivity contribution in [1.82, 2.24) is 0 Å². The van der Waals surface area contributed by atoms with E-state index in [1.54, 1.807) is 24.3 Å². The molecule has 0 amide bonds. The van der Waals surface area contributed by atoms with Crippen molar-refractivity contribution in [1.29, 1.82) is 0 Å². The second-order valence-corrected chi connectivity index (χ2v) is 8.68. The Hall–Kier alpha value is -3.21. The molecule has 5 heteroatoms. The Kier molecular flexibility index (Phi) is 8.99. The zero-order valence-corrected chi connectivity index (χ0v) is 19.1. The van der Waals surface area contributed by atoms with Crippen LogP contribution in [0.15, 0.2) is 66.7 Å². The van der Waals surface area contributed by atoms with Crippen molar-refractivity contribution in [2.75, 3.05) is 0 Å². The molecule has 0 heterocycles. The molecule has 3 atom stereocenters. The summed E-state index contributed by atoms with van der Waals surface area (Å²) in [7, 11) is 0. The molecule has 3 rings (SSSR count). The fourth-order valence-electron chi connectivity index (χ4n) is 4.43. The summed E-state index contributed by atoms with van der Waals surface area (Å²) in [5.74, 6) is -1.70. The number of benzene rings is 2. The van der Waals surface area contributed by atoms with Gasteiger partial charge >= 0.3 is 11.9 Å². The maximum absolute atomic E-state index is 12.8. The van der Waals surface area contributed by atoms with Crippen LogP contribution in [0.4, 0.5) is 0 Å². The van der Waals surface area contributed by atoms with Gasteiger partial charge in [0.15, 0.2) is 5.78 Å². The van der Waals surface area contributed by atoms with Gasteiger partial charge in [-0.3, -0.25) is 9.59 Å². The van der Waals surface area contributed by atoms with Crippen LogP contribution in [0, 0.1) is 11.8 Å². The van der Waals surface area contributed by atoms with E-state index in [4.69, 9.17) is 4.74 Å². The summed E-state index contributed by atoms with van der Waals surface area (Å²) in [6, 6.07) is 17.2. The van der Waals surface area contributed by atoms with Crippen LogP contribution in [0.1, 0.15) is 62.2 Å². The molecule has 1 fully saturated rings. The van der Waals surface area contributed by atoms with Gasteiger partial charge in [-0.05, 0) is 54.5 Å². The van der Waals surface area contributed by atoms with Crippen molar-refractivity contribution < 1.29 is 24.2 Å². The van der Waals surface area contributed by atoms with E-state index in [0.29, 0.717) is 24.8 Å². The number of ketones is 1. The number of carboxylic acid groups (broad SMARTS) is 1. The number of esters is 1. The number of ether oxygens (including phenoxy) is 1. The molecule has 0 aromatic heterocycles. The second-order valence-electron chi connectivity index (χ2n) is 8.68. The maximum Gasteiger partial charge on any atom is 0.338 e. The summed E-state index contributed by atoms with van der Waals surface area (Å²) in [6.07, 6.45) is 7.51. The summed E-state index contributed by atoms with van der Waals surface area (Å²) in [4.78, 5) is 36.3. The molecule has 0 spiro atoms. The summed E-state index contributed by atoms with van der Waals surface area (Å²) >= 11 is 0. The van der Waals surface area contributed by atoms with E-state index in [0.717, 1.165) is 30.4 Å². The summed E-state index contributed by atoms with van der Waals surface area (Å²) in [6.45, 7) is 2.09. The van der Waals surface area contributed by atoms with Crippen molar-refractivity contribution in [3.63, 3.8) is 0 Å². The summed E-state index contributed by atoms with van der Waals surface area (Å²) in [5, 5.41) is 9.28. The minimum Gasteiger partial charge on any atom is -0.481 e. The molecule has 174 valence electrons. The van der Waals surface area contributed by atoms with E-state index in [1.165, 1.54) is 0 Å². The van der Waals surface area contributed by atoms with E-state index in [2.05, 4.69) is 6.92 Å². The maximum atomic E-state index is 12.8. The Labute approximate surface area is 195 Å². The van der Waals surface area contributed by atoms with Crippen molar-refractivity contribution in [2.45, 2.75) is 58.0 Å². The van der Waals surface area contributed by atoms with Crippen LogP contribution in [-0.4, -0.2) is 28.9 Å². The normalized spacial score (nSPS) is 20.1. The highest BCUT2D eigenvalue weighted by Crippen LogP contribution is 2.38. The van der Waals surface area contributed by atoms with E-state index in [9.17, 15) is 19.5 Å². The van der Waals surface area contributed by atoms with Gasteiger partial charge in [-0.15, -0.1) is 0 Å². The van der Waals surface area contributed by atoms with Gasteiger partial charge in [0.1, 0.15) is 6.10 Å². The van der Waals surface area contributed by atoms with E-state index in [1.807, 2.05) is 42.5 Å². The lowest BCUT2D eigenvalue weighted by Gasteiger charge is -2.21. The molecule has 5 nitrogen and oxygen atoms in total. The van der Waals surface area contributed by atoms with Gasteiger partial charge in [0.05, 0.1) is 5.56 Å². The Balaban J connectivity index is 1.67. The summed E-state index contributed by atoms with van der Waals surface area (Å²) < 4.78 is 5.80. The van der Waals surface area contributed by atoms with Crippen molar-refractivity contribution in [3.05, 3.63) is 72.3 Å². The van der Waals surface area contributed by atoms with Crippen LogP contribution in [0.5, 0.6) is 0 Å². The molecule has 1 saturated carbocycles. The van der Waals surface area contributed by atoms with Crippen LogP contribution in [0.3, 0.4) is 0 Å². The molecule has 0 aliphatic heterocycles. The van der Waals surface area contributed by atoms with Gasteiger partial charge < -0.3 is 9.84 Å². The van der Waals surface area contributed by atoms with E-state index >= 15 is 0 Å². The predicted octanol–water partition coefficient (Wildman–Crippen LogP) is 6.09.